The van der Waals surface area contributed by atoms with Crippen LogP contribution < -0.4 is 5.32 Å². The van der Waals surface area contributed by atoms with Gasteiger partial charge in [0.2, 0.25) is 5.91 Å². The predicted molar refractivity (Wildman–Crippen MR) is 60.2 cm³/mol. The molecule has 1 unspecified atom stereocenters. The first-order valence-corrected chi connectivity index (χ1v) is 5.30. The smallest absolute Gasteiger partial charge is 0.240 e. The largest absolute Gasteiger partial charge is 0.355 e. The number of amides is 1. The average Bonchev–Trinajstić information content (AvgIpc) is 2.22. The minimum absolute atomic E-state index is 0.161. The van der Waals surface area contributed by atoms with E-state index in [0.29, 0.717) is 13.0 Å². The van der Waals surface area contributed by atoms with Crippen LogP contribution in [0.4, 0.5) is 0 Å². The van der Waals surface area contributed by atoms with E-state index in [-0.39, 0.29) is 5.91 Å². The summed E-state index contributed by atoms with van der Waals surface area (Å²) in [7, 11) is 3.99. The molecular formula is C11H21N3O. The molecule has 0 bridgehead atoms. The number of nitriles is 1. The Balaban J connectivity index is 3.89. The quantitative estimate of drug-likeness (QED) is 0.667. The third kappa shape index (κ3) is 4.80. The Kier molecular flexibility index (Phi) is 5.95. The van der Waals surface area contributed by atoms with Crippen molar-refractivity contribution in [3.8, 4) is 6.07 Å². The Labute approximate surface area is 92.3 Å². The number of nitrogens with one attached hydrogen (secondary N) is 1. The van der Waals surface area contributed by atoms with Gasteiger partial charge in [-0.1, -0.05) is 6.92 Å². The number of nitrogens with zero attached hydrogens (tertiary/aromatic N) is 2. The van der Waals surface area contributed by atoms with Gasteiger partial charge in [-0.25, -0.2) is 0 Å². The molecule has 4 nitrogen and oxygen atoms in total. The zero-order chi connectivity index (χ0) is 11.9. The lowest BCUT2D eigenvalue weighted by atomic mass is 9.88. The number of hydrogen-bond acceptors (Lipinski definition) is 3. The standard InChI is InChI=1S/C11H21N3O/c1-5-11(2,9-12)10(15)13-7-6-8-14(3)4/h5-8H2,1-4H3,(H,13,15). The maximum Gasteiger partial charge on any atom is 0.240 e. The molecule has 0 saturated carbocycles. The molecule has 0 rings (SSSR count). The molecule has 0 aliphatic heterocycles. The third-order valence-electron chi connectivity index (χ3n) is 2.52. The van der Waals surface area contributed by atoms with Gasteiger partial charge in [0, 0.05) is 6.54 Å². The van der Waals surface area contributed by atoms with Crippen LogP contribution >= 0.6 is 0 Å². The normalized spacial score (nSPS) is 14.4. The molecule has 0 heterocycles. The molecular weight excluding hydrogens is 190 g/mol. The Hall–Kier alpha value is -1.08. The van der Waals surface area contributed by atoms with E-state index in [1.807, 2.05) is 21.0 Å². The first-order chi connectivity index (χ1) is 6.96. The van der Waals surface area contributed by atoms with Crippen LogP contribution in [0.25, 0.3) is 0 Å². The van der Waals surface area contributed by atoms with Gasteiger partial charge in [0.05, 0.1) is 6.07 Å². The zero-order valence-corrected chi connectivity index (χ0v) is 10.1. The van der Waals surface area contributed by atoms with Crippen LogP contribution in [-0.4, -0.2) is 38.0 Å². The van der Waals surface area contributed by atoms with Crippen LogP contribution in [0.1, 0.15) is 26.7 Å². The van der Waals surface area contributed by atoms with E-state index < -0.39 is 5.41 Å². The van der Waals surface area contributed by atoms with Gasteiger partial charge in [0.1, 0.15) is 5.41 Å². The molecule has 1 amide bonds. The Morgan fingerprint density at radius 3 is 2.53 bits per heavy atom. The monoisotopic (exact) mass is 211 g/mol. The SMILES string of the molecule is CCC(C)(C#N)C(=O)NCCCN(C)C. The number of carbonyl (C=O) groups excluding carboxylic acids is 1. The van der Waals surface area contributed by atoms with Crippen LogP contribution in [0.15, 0.2) is 0 Å². The van der Waals surface area contributed by atoms with Crippen molar-refractivity contribution >= 4 is 5.91 Å². The highest BCUT2D eigenvalue weighted by Gasteiger charge is 2.30. The van der Waals surface area contributed by atoms with E-state index in [9.17, 15) is 4.79 Å². The number of carbonyl (C=O) groups is 1. The minimum Gasteiger partial charge on any atom is -0.355 e. The van der Waals surface area contributed by atoms with Crippen molar-refractivity contribution < 1.29 is 4.79 Å². The second-order valence-electron chi connectivity index (χ2n) is 4.21. The summed E-state index contributed by atoms with van der Waals surface area (Å²) in [5, 5.41) is 11.7. The van der Waals surface area contributed by atoms with Crippen LogP contribution in [0.5, 0.6) is 0 Å². The molecule has 0 fully saturated rings. The fraction of sp³-hybridized carbons (Fsp3) is 0.818. The molecule has 0 saturated heterocycles. The molecule has 0 radical (unpaired) electrons. The summed E-state index contributed by atoms with van der Waals surface area (Å²) in [6.45, 7) is 5.10. The predicted octanol–water partition coefficient (Wildman–Crippen LogP) is 0.994. The highest BCUT2D eigenvalue weighted by atomic mass is 16.2. The van der Waals surface area contributed by atoms with Gasteiger partial charge in [-0.15, -0.1) is 0 Å². The van der Waals surface area contributed by atoms with Gasteiger partial charge in [-0.3, -0.25) is 4.79 Å². The van der Waals surface area contributed by atoms with Gasteiger partial charge in [-0.05, 0) is 40.4 Å². The molecule has 0 aromatic heterocycles. The van der Waals surface area contributed by atoms with Crippen molar-refractivity contribution in [2.75, 3.05) is 27.2 Å². The van der Waals surface area contributed by atoms with Gasteiger partial charge in [0.15, 0.2) is 0 Å². The van der Waals surface area contributed by atoms with Gasteiger partial charge in [-0.2, -0.15) is 5.26 Å². The highest BCUT2D eigenvalue weighted by Crippen LogP contribution is 2.19. The maximum atomic E-state index is 11.6. The van der Waals surface area contributed by atoms with Crippen LogP contribution in [-0.2, 0) is 4.79 Å². The van der Waals surface area contributed by atoms with E-state index in [2.05, 4.69) is 16.3 Å². The van der Waals surface area contributed by atoms with Gasteiger partial charge >= 0.3 is 0 Å². The molecule has 0 spiro atoms. The van der Waals surface area contributed by atoms with Crippen molar-refractivity contribution in [3.63, 3.8) is 0 Å². The van der Waals surface area contributed by atoms with Crippen molar-refractivity contribution in [1.29, 1.82) is 5.26 Å². The first-order valence-electron chi connectivity index (χ1n) is 5.30. The molecule has 0 aliphatic carbocycles. The van der Waals surface area contributed by atoms with Crippen molar-refractivity contribution in [2.45, 2.75) is 26.7 Å². The summed E-state index contributed by atoms with van der Waals surface area (Å²) in [4.78, 5) is 13.7. The fourth-order valence-corrected chi connectivity index (χ4v) is 1.08. The zero-order valence-electron chi connectivity index (χ0n) is 10.1. The summed E-state index contributed by atoms with van der Waals surface area (Å²) in [5.41, 5.74) is -0.877. The van der Waals surface area contributed by atoms with Gasteiger partial charge in [0.25, 0.3) is 0 Å². The summed E-state index contributed by atoms with van der Waals surface area (Å²) >= 11 is 0. The summed E-state index contributed by atoms with van der Waals surface area (Å²) in [6.07, 6.45) is 1.45. The van der Waals surface area contributed by atoms with E-state index in [1.165, 1.54) is 0 Å². The summed E-state index contributed by atoms with van der Waals surface area (Å²) in [5.74, 6) is -0.161. The molecule has 0 aromatic carbocycles. The topological polar surface area (TPSA) is 56.1 Å². The molecule has 0 aromatic rings. The lowest BCUT2D eigenvalue weighted by Gasteiger charge is -2.18. The number of rotatable bonds is 6. The number of hydrogen-bond donors (Lipinski definition) is 1. The van der Waals surface area contributed by atoms with E-state index in [4.69, 9.17) is 5.26 Å². The second kappa shape index (κ2) is 6.41. The molecule has 86 valence electrons. The van der Waals surface area contributed by atoms with E-state index in [0.717, 1.165) is 13.0 Å². The van der Waals surface area contributed by atoms with Crippen LogP contribution in [0.2, 0.25) is 0 Å². The fourth-order valence-electron chi connectivity index (χ4n) is 1.08. The van der Waals surface area contributed by atoms with E-state index in [1.54, 1.807) is 6.92 Å². The van der Waals surface area contributed by atoms with Gasteiger partial charge < -0.3 is 10.2 Å². The maximum absolute atomic E-state index is 11.6. The highest BCUT2D eigenvalue weighted by molar-refractivity contribution is 5.84. The average molecular weight is 211 g/mol. The van der Waals surface area contributed by atoms with Crippen molar-refractivity contribution in [1.82, 2.24) is 10.2 Å². The van der Waals surface area contributed by atoms with Crippen LogP contribution in [0.3, 0.4) is 0 Å². The van der Waals surface area contributed by atoms with Crippen molar-refractivity contribution in [2.24, 2.45) is 5.41 Å². The lowest BCUT2D eigenvalue weighted by molar-refractivity contribution is -0.127. The molecule has 1 N–H and O–H groups in total. The molecule has 15 heavy (non-hydrogen) atoms. The first kappa shape index (κ1) is 13.9. The lowest BCUT2D eigenvalue weighted by Crippen LogP contribution is -2.38. The third-order valence-corrected chi connectivity index (χ3v) is 2.52. The Morgan fingerprint density at radius 1 is 1.53 bits per heavy atom. The molecule has 0 aliphatic rings. The summed E-state index contributed by atoms with van der Waals surface area (Å²) in [6, 6.07) is 2.06. The summed E-state index contributed by atoms with van der Waals surface area (Å²) < 4.78 is 0. The van der Waals surface area contributed by atoms with E-state index >= 15 is 0 Å². The Bertz CT molecular complexity index is 245. The second-order valence-corrected chi connectivity index (χ2v) is 4.21. The molecule has 4 heteroatoms. The van der Waals surface area contributed by atoms with Crippen LogP contribution in [0, 0.1) is 16.7 Å². The Morgan fingerprint density at radius 2 is 2.13 bits per heavy atom. The minimum atomic E-state index is -0.877. The molecule has 1 atom stereocenters. The van der Waals surface area contributed by atoms with Crippen molar-refractivity contribution in [3.05, 3.63) is 0 Å².